The molecule has 0 saturated carbocycles. The smallest absolute Gasteiger partial charge is 0.0424 e. The number of likely N-dealkylation sites (tertiary alicyclic amines) is 1. The second-order valence-electron chi connectivity index (χ2n) is 6.45. The van der Waals surface area contributed by atoms with Crippen LogP contribution in [0.4, 0.5) is 0 Å². The number of hydrogen-bond acceptors (Lipinski definition) is 3. The van der Waals surface area contributed by atoms with Crippen LogP contribution in [0.15, 0.2) is 18.2 Å². The molecular formula is C17H29N3. The van der Waals surface area contributed by atoms with Crippen LogP contribution in [-0.4, -0.2) is 49.6 Å². The average Bonchev–Trinajstić information content (AvgIpc) is 2.41. The first kappa shape index (κ1) is 15.5. The van der Waals surface area contributed by atoms with Gasteiger partial charge in [-0.1, -0.05) is 18.2 Å². The highest BCUT2D eigenvalue weighted by Crippen LogP contribution is 2.19. The predicted molar refractivity (Wildman–Crippen MR) is 86.0 cm³/mol. The monoisotopic (exact) mass is 275 g/mol. The highest BCUT2D eigenvalue weighted by molar-refractivity contribution is 5.31. The fraction of sp³-hybridized carbons (Fsp3) is 0.647. The number of rotatable bonds is 4. The van der Waals surface area contributed by atoms with Gasteiger partial charge in [0.25, 0.3) is 0 Å². The first-order valence-electron chi connectivity index (χ1n) is 7.69. The van der Waals surface area contributed by atoms with Crippen LogP contribution >= 0.6 is 0 Å². The molecule has 2 rings (SSSR count). The second kappa shape index (κ2) is 6.70. The number of nitrogens with two attached hydrogens (primary N) is 1. The van der Waals surface area contributed by atoms with Crippen LogP contribution in [0.5, 0.6) is 0 Å². The van der Waals surface area contributed by atoms with Crippen molar-refractivity contribution in [3.05, 3.63) is 34.9 Å². The molecule has 3 nitrogen and oxygen atoms in total. The van der Waals surface area contributed by atoms with Gasteiger partial charge in [0.2, 0.25) is 0 Å². The Morgan fingerprint density at radius 3 is 2.75 bits per heavy atom. The Labute approximate surface area is 123 Å². The summed E-state index contributed by atoms with van der Waals surface area (Å²) < 4.78 is 0. The molecule has 0 bridgehead atoms. The van der Waals surface area contributed by atoms with Crippen molar-refractivity contribution in [1.82, 2.24) is 9.80 Å². The number of likely N-dealkylation sites (N-methyl/N-ethyl adjacent to an activating group) is 2. The summed E-state index contributed by atoms with van der Waals surface area (Å²) >= 11 is 0. The number of piperidine rings is 1. The number of nitrogens with zero attached hydrogens (tertiary/aromatic N) is 2. The van der Waals surface area contributed by atoms with Crippen molar-refractivity contribution in [3.8, 4) is 0 Å². The minimum absolute atomic E-state index is 0.103. The number of hydrogen-bond donors (Lipinski definition) is 1. The van der Waals surface area contributed by atoms with E-state index in [9.17, 15) is 0 Å². The third-order valence-electron chi connectivity index (χ3n) is 4.67. The molecule has 0 spiro atoms. The Morgan fingerprint density at radius 2 is 2.10 bits per heavy atom. The van der Waals surface area contributed by atoms with Gasteiger partial charge in [-0.3, -0.25) is 0 Å². The van der Waals surface area contributed by atoms with Gasteiger partial charge in [0.15, 0.2) is 0 Å². The molecule has 1 heterocycles. The maximum absolute atomic E-state index is 6.40. The minimum atomic E-state index is 0.103. The highest BCUT2D eigenvalue weighted by atomic mass is 15.2. The van der Waals surface area contributed by atoms with Gasteiger partial charge < -0.3 is 15.5 Å². The molecule has 2 unspecified atom stereocenters. The Bertz CT molecular complexity index is 444. The van der Waals surface area contributed by atoms with E-state index in [4.69, 9.17) is 5.73 Å². The molecule has 1 aromatic carbocycles. The minimum Gasteiger partial charge on any atom is -0.323 e. The van der Waals surface area contributed by atoms with Gasteiger partial charge in [0, 0.05) is 25.2 Å². The maximum Gasteiger partial charge on any atom is 0.0424 e. The summed E-state index contributed by atoms with van der Waals surface area (Å²) in [7, 11) is 4.42. The quantitative estimate of drug-likeness (QED) is 0.915. The molecule has 2 N–H and O–H groups in total. The van der Waals surface area contributed by atoms with Crippen LogP contribution in [0, 0.1) is 13.8 Å². The summed E-state index contributed by atoms with van der Waals surface area (Å²) in [6.07, 6.45) is 2.59. The molecule has 1 aliphatic heterocycles. The van der Waals surface area contributed by atoms with Gasteiger partial charge in [-0.25, -0.2) is 0 Å². The Kier molecular flexibility index (Phi) is 5.19. The standard InChI is InChI=1S/C17H29N3/c1-13-7-8-15(10-14(13)2)17(18)12-20(4)16-6-5-9-19(3)11-16/h7-8,10,16-17H,5-6,9,11-12,18H2,1-4H3. The fourth-order valence-electron chi connectivity index (χ4n) is 3.06. The van der Waals surface area contributed by atoms with Crippen LogP contribution in [-0.2, 0) is 0 Å². The van der Waals surface area contributed by atoms with E-state index in [0.717, 1.165) is 13.1 Å². The molecule has 0 amide bonds. The van der Waals surface area contributed by atoms with Crippen LogP contribution in [0.25, 0.3) is 0 Å². The fourth-order valence-corrected chi connectivity index (χ4v) is 3.06. The Morgan fingerprint density at radius 1 is 1.35 bits per heavy atom. The van der Waals surface area contributed by atoms with Crippen LogP contribution in [0.2, 0.25) is 0 Å². The maximum atomic E-state index is 6.40. The molecule has 0 aliphatic carbocycles. The topological polar surface area (TPSA) is 32.5 Å². The summed E-state index contributed by atoms with van der Waals surface area (Å²) in [5.41, 5.74) is 10.3. The molecule has 20 heavy (non-hydrogen) atoms. The van der Waals surface area contributed by atoms with Gasteiger partial charge in [-0.2, -0.15) is 0 Å². The van der Waals surface area contributed by atoms with Gasteiger partial charge in [-0.15, -0.1) is 0 Å². The van der Waals surface area contributed by atoms with Crippen molar-refractivity contribution < 1.29 is 0 Å². The lowest BCUT2D eigenvalue weighted by Gasteiger charge is -2.37. The molecule has 112 valence electrons. The average molecular weight is 275 g/mol. The molecule has 1 aromatic rings. The van der Waals surface area contributed by atoms with E-state index in [-0.39, 0.29) is 6.04 Å². The molecule has 0 radical (unpaired) electrons. The zero-order valence-electron chi connectivity index (χ0n) is 13.4. The van der Waals surface area contributed by atoms with Gasteiger partial charge in [0.05, 0.1) is 0 Å². The molecule has 2 atom stereocenters. The number of aryl methyl sites for hydroxylation is 2. The molecule has 1 fully saturated rings. The summed E-state index contributed by atoms with van der Waals surface area (Å²) in [6, 6.07) is 7.34. The lowest BCUT2D eigenvalue weighted by molar-refractivity contribution is 0.129. The third-order valence-corrected chi connectivity index (χ3v) is 4.67. The Hall–Kier alpha value is -0.900. The van der Waals surface area contributed by atoms with Crippen molar-refractivity contribution in [3.63, 3.8) is 0 Å². The molecule has 1 saturated heterocycles. The molecule has 0 aromatic heterocycles. The zero-order chi connectivity index (χ0) is 14.7. The number of benzene rings is 1. The lowest BCUT2D eigenvalue weighted by atomic mass is 10.00. The second-order valence-corrected chi connectivity index (χ2v) is 6.45. The van der Waals surface area contributed by atoms with E-state index in [2.05, 4.69) is 55.9 Å². The van der Waals surface area contributed by atoms with E-state index >= 15 is 0 Å². The molecular weight excluding hydrogens is 246 g/mol. The Balaban J connectivity index is 1.95. The first-order valence-corrected chi connectivity index (χ1v) is 7.69. The van der Waals surface area contributed by atoms with Gasteiger partial charge in [-0.05, 0) is 64.0 Å². The van der Waals surface area contributed by atoms with Gasteiger partial charge in [0.1, 0.15) is 0 Å². The van der Waals surface area contributed by atoms with Crippen molar-refractivity contribution >= 4 is 0 Å². The molecule has 3 heteroatoms. The first-order chi connectivity index (χ1) is 9.47. The SMILES string of the molecule is Cc1ccc(C(N)CN(C)C2CCCN(C)C2)cc1C. The van der Waals surface area contributed by atoms with Gasteiger partial charge >= 0.3 is 0 Å². The molecule has 1 aliphatic rings. The normalized spacial score (nSPS) is 22.2. The van der Waals surface area contributed by atoms with E-state index in [0.29, 0.717) is 6.04 Å². The highest BCUT2D eigenvalue weighted by Gasteiger charge is 2.22. The van der Waals surface area contributed by atoms with E-state index in [1.807, 2.05) is 0 Å². The summed E-state index contributed by atoms with van der Waals surface area (Å²) in [6.45, 7) is 7.63. The van der Waals surface area contributed by atoms with Crippen molar-refractivity contribution in [2.75, 3.05) is 33.7 Å². The van der Waals surface area contributed by atoms with Crippen molar-refractivity contribution in [2.45, 2.75) is 38.8 Å². The van der Waals surface area contributed by atoms with E-state index in [1.54, 1.807) is 0 Å². The van der Waals surface area contributed by atoms with Crippen LogP contribution in [0.3, 0.4) is 0 Å². The zero-order valence-corrected chi connectivity index (χ0v) is 13.4. The summed E-state index contributed by atoms with van der Waals surface area (Å²) in [5, 5.41) is 0. The predicted octanol–water partition coefficient (Wildman–Crippen LogP) is 2.33. The largest absolute Gasteiger partial charge is 0.323 e. The summed E-state index contributed by atoms with van der Waals surface area (Å²) in [5.74, 6) is 0. The third kappa shape index (κ3) is 3.81. The van der Waals surface area contributed by atoms with E-state index in [1.165, 1.54) is 36.1 Å². The van der Waals surface area contributed by atoms with Crippen molar-refractivity contribution in [1.29, 1.82) is 0 Å². The van der Waals surface area contributed by atoms with Crippen LogP contribution < -0.4 is 5.73 Å². The summed E-state index contributed by atoms with van der Waals surface area (Å²) in [4.78, 5) is 4.86. The lowest BCUT2D eigenvalue weighted by Crippen LogP contribution is -2.46. The van der Waals surface area contributed by atoms with Crippen LogP contribution in [0.1, 0.15) is 35.6 Å². The van der Waals surface area contributed by atoms with E-state index < -0.39 is 0 Å². The van der Waals surface area contributed by atoms with Crippen molar-refractivity contribution in [2.24, 2.45) is 5.73 Å².